The first-order chi connectivity index (χ1) is 9.56. The third kappa shape index (κ3) is 3.31. The third-order valence-electron chi connectivity index (χ3n) is 2.71. The smallest absolute Gasteiger partial charge is 0.269 e. The van der Waals surface area contributed by atoms with Crippen molar-refractivity contribution < 1.29 is 9.72 Å². The number of nitrogens with zero attached hydrogens (tertiary/aromatic N) is 2. The number of amides is 1. The summed E-state index contributed by atoms with van der Waals surface area (Å²) in [6.07, 6.45) is 1.60. The first-order valence-electron chi connectivity index (χ1n) is 5.84. The van der Waals surface area contributed by atoms with Gasteiger partial charge in [0.2, 0.25) is 5.91 Å². The number of H-pyrrole nitrogens is 1. The predicted octanol–water partition coefficient (Wildman–Crippen LogP) is 0.759. The van der Waals surface area contributed by atoms with Gasteiger partial charge in [0.1, 0.15) is 5.82 Å². The largest absolute Gasteiger partial charge is 0.384 e. The average molecular weight is 275 g/mol. The molecule has 8 heteroatoms. The minimum absolute atomic E-state index is 0.0330. The van der Waals surface area contributed by atoms with E-state index in [1.54, 1.807) is 12.1 Å². The van der Waals surface area contributed by atoms with Crippen molar-refractivity contribution in [1.29, 1.82) is 0 Å². The average Bonchev–Trinajstić information content (AvgIpc) is 2.82. The molecule has 0 fully saturated rings. The SMILES string of the molecule is Nc1[nH]ncc1CNC(=O)Cc1cccc([N+](=O)[O-])c1. The van der Waals surface area contributed by atoms with Gasteiger partial charge in [0.15, 0.2) is 0 Å². The summed E-state index contributed by atoms with van der Waals surface area (Å²) in [7, 11) is 0. The van der Waals surface area contributed by atoms with Crippen LogP contribution >= 0.6 is 0 Å². The molecule has 2 rings (SSSR count). The van der Waals surface area contributed by atoms with E-state index in [9.17, 15) is 14.9 Å². The number of nitro groups is 1. The number of nitrogens with two attached hydrogens (primary N) is 1. The molecular formula is C12H13N5O3. The number of nitro benzene ring substituents is 1. The maximum atomic E-state index is 11.7. The van der Waals surface area contributed by atoms with Crippen molar-refractivity contribution in [2.24, 2.45) is 0 Å². The van der Waals surface area contributed by atoms with Gasteiger partial charge >= 0.3 is 0 Å². The fourth-order valence-corrected chi connectivity index (χ4v) is 1.68. The highest BCUT2D eigenvalue weighted by molar-refractivity contribution is 5.78. The van der Waals surface area contributed by atoms with Crippen LogP contribution in [0.15, 0.2) is 30.5 Å². The van der Waals surface area contributed by atoms with Crippen molar-refractivity contribution in [2.45, 2.75) is 13.0 Å². The highest BCUT2D eigenvalue weighted by Crippen LogP contribution is 2.13. The van der Waals surface area contributed by atoms with E-state index < -0.39 is 4.92 Å². The van der Waals surface area contributed by atoms with Gasteiger partial charge in [-0.1, -0.05) is 12.1 Å². The summed E-state index contributed by atoms with van der Waals surface area (Å²) in [6.45, 7) is 0.260. The lowest BCUT2D eigenvalue weighted by atomic mass is 10.1. The lowest BCUT2D eigenvalue weighted by molar-refractivity contribution is -0.384. The van der Waals surface area contributed by atoms with Crippen LogP contribution in [0, 0.1) is 10.1 Å². The second-order valence-electron chi connectivity index (χ2n) is 4.19. The molecule has 1 amide bonds. The topological polar surface area (TPSA) is 127 Å². The number of carbonyl (C=O) groups excluding carboxylic acids is 1. The monoisotopic (exact) mass is 275 g/mol. The Bertz CT molecular complexity index is 638. The number of nitrogens with one attached hydrogen (secondary N) is 2. The van der Waals surface area contributed by atoms with Gasteiger partial charge in [-0.15, -0.1) is 0 Å². The molecule has 20 heavy (non-hydrogen) atoms. The summed E-state index contributed by atoms with van der Waals surface area (Å²) in [5, 5.41) is 19.6. The van der Waals surface area contributed by atoms with Gasteiger partial charge in [-0.05, 0) is 5.56 Å². The molecule has 0 aliphatic carbocycles. The van der Waals surface area contributed by atoms with Gasteiger partial charge in [-0.2, -0.15) is 5.10 Å². The molecule has 1 heterocycles. The van der Waals surface area contributed by atoms with E-state index in [0.29, 0.717) is 16.9 Å². The molecule has 0 unspecified atom stereocenters. The van der Waals surface area contributed by atoms with Gasteiger partial charge in [0, 0.05) is 24.2 Å². The van der Waals surface area contributed by atoms with Gasteiger partial charge in [-0.3, -0.25) is 20.0 Å². The molecule has 0 aliphatic heterocycles. The van der Waals surface area contributed by atoms with Gasteiger partial charge in [0.05, 0.1) is 17.5 Å². The van der Waals surface area contributed by atoms with Crippen molar-refractivity contribution in [1.82, 2.24) is 15.5 Å². The van der Waals surface area contributed by atoms with E-state index in [1.165, 1.54) is 18.3 Å². The zero-order valence-corrected chi connectivity index (χ0v) is 10.5. The van der Waals surface area contributed by atoms with E-state index >= 15 is 0 Å². The number of benzene rings is 1. The number of hydrogen-bond acceptors (Lipinski definition) is 5. The molecule has 0 saturated carbocycles. The molecule has 2 aromatic rings. The van der Waals surface area contributed by atoms with E-state index in [-0.39, 0.29) is 24.6 Å². The Balaban J connectivity index is 1.93. The number of aromatic nitrogens is 2. The summed E-state index contributed by atoms with van der Waals surface area (Å²) >= 11 is 0. The Morgan fingerprint density at radius 2 is 2.30 bits per heavy atom. The highest BCUT2D eigenvalue weighted by atomic mass is 16.6. The first-order valence-corrected chi connectivity index (χ1v) is 5.84. The second-order valence-corrected chi connectivity index (χ2v) is 4.19. The molecule has 104 valence electrons. The standard InChI is InChI=1S/C12H13N5O3/c13-12-9(7-15-16-12)6-14-11(18)5-8-2-1-3-10(4-8)17(19)20/h1-4,7H,5-6H2,(H,14,18)(H3,13,15,16). The van der Waals surface area contributed by atoms with Crippen LogP contribution in [0.25, 0.3) is 0 Å². The van der Waals surface area contributed by atoms with Crippen LogP contribution in [-0.4, -0.2) is 21.0 Å². The number of nitrogen functional groups attached to an aromatic ring is 1. The molecule has 0 bridgehead atoms. The number of anilines is 1. The van der Waals surface area contributed by atoms with E-state index in [0.717, 1.165) is 0 Å². The molecule has 0 radical (unpaired) electrons. The fraction of sp³-hybridized carbons (Fsp3) is 0.167. The van der Waals surface area contributed by atoms with Crippen molar-refractivity contribution in [3.63, 3.8) is 0 Å². The lowest BCUT2D eigenvalue weighted by Crippen LogP contribution is -2.24. The highest BCUT2D eigenvalue weighted by Gasteiger charge is 2.09. The van der Waals surface area contributed by atoms with E-state index in [4.69, 9.17) is 5.73 Å². The number of hydrogen-bond donors (Lipinski definition) is 3. The molecule has 1 aromatic heterocycles. The number of rotatable bonds is 5. The zero-order valence-electron chi connectivity index (χ0n) is 10.5. The summed E-state index contributed by atoms with van der Waals surface area (Å²) in [6, 6.07) is 5.98. The van der Waals surface area contributed by atoms with Crippen molar-refractivity contribution >= 4 is 17.4 Å². The minimum atomic E-state index is -0.492. The number of non-ortho nitro benzene ring substituents is 1. The predicted molar refractivity (Wildman–Crippen MR) is 71.6 cm³/mol. The van der Waals surface area contributed by atoms with Crippen LogP contribution in [-0.2, 0) is 17.8 Å². The van der Waals surface area contributed by atoms with Crippen LogP contribution in [0.1, 0.15) is 11.1 Å². The van der Waals surface area contributed by atoms with Crippen LogP contribution in [0.5, 0.6) is 0 Å². The van der Waals surface area contributed by atoms with Crippen LogP contribution in [0.3, 0.4) is 0 Å². The van der Waals surface area contributed by atoms with Crippen molar-refractivity contribution in [2.75, 3.05) is 5.73 Å². The molecule has 0 saturated heterocycles. The van der Waals surface area contributed by atoms with E-state index in [1.807, 2.05) is 0 Å². The van der Waals surface area contributed by atoms with Gasteiger partial charge < -0.3 is 11.1 Å². The molecule has 0 spiro atoms. The minimum Gasteiger partial charge on any atom is -0.384 e. The van der Waals surface area contributed by atoms with Crippen LogP contribution in [0.2, 0.25) is 0 Å². The normalized spacial score (nSPS) is 10.2. The van der Waals surface area contributed by atoms with Gasteiger partial charge in [-0.25, -0.2) is 0 Å². The molecular weight excluding hydrogens is 262 g/mol. The van der Waals surface area contributed by atoms with Gasteiger partial charge in [0.25, 0.3) is 5.69 Å². The van der Waals surface area contributed by atoms with Crippen LogP contribution < -0.4 is 11.1 Å². The second kappa shape index (κ2) is 5.83. The molecule has 0 aliphatic rings. The Morgan fingerprint density at radius 1 is 1.50 bits per heavy atom. The maximum absolute atomic E-state index is 11.7. The summed E-state index contributed by atoms with van der Waals surface area (Å²) in [4.78, 5) is 21.9. The third-order valence-corrected chi connectivity index (χ3v) is 2.71. The quantitative estimate of drug-likeness (QED) is 0.548. The van der Waals surface area contributed by atoms with Crippen LogP contribution in [0.4, 0.5) is 11.5 Å². The maximum Gasteiger partial charge on any atom is 0.269 e. The number of aromatic amines is 1. The molecule has 1 aromatic carbocycles. The summed E-state index contributed by atoms with van der Waals surface area (Å²) < 4.78 is 0. The van der Waals surface area contributed by atoms with Crippen molar-refractivity contribution in [3.05, 3.63) is 51.7 Å². The lowest BCUT2D eigenvalue weighted by Gasteiger charge is -2.04. The molecule has 0 atom stereocenters. The number of carbonyl (C=O) groups is 1. The first kappa shape index (κ1) is 13.5. The Hall–Kier alpha value is -2.90. The Labute approximate surface area is 114 Å². The molecule has 8 nitrogen and oxygen atoms in total. The van der Waals surface area contributed by atoms with Crippen molar-refractivity contribution in [3.8, 4) is 0 Å². The Kier molecular flexibility index (Phi) is 3.94. The Morgan fingerprint density at radius 3 is 2.95 bits per heavy atom. The zero-order chi connectivity index (χ0) is 14.5. The molecule has 4 N–H and O–H groups in total. The summed E-state index contributed by atoms with van der Waals surface area (Å²) in [5.41, 5.74) is 6.83. The van der Waals surface area contributed by atoms with E-state index in [2.05, 4.69) is 15.5 Å². The fourth-order valence-electron chi connectivity index (χ4n) is 1.68. The summed E-state index contributed by atoms with van der Waals surface area (Å²) in [5.74, 6) is 0.159.